The molecule has 0 spiro atoms. The fourth-order valence-electron chi connectivity index (χ4n) is 1.44. The van der Waals surface area contributed by atoms with E-state index in [1.54, 1.807) is 0 Å². The Morgan fingerprint density at radius 1 is 1.36 bits per heavy atom. The van der Waals surface area contributed by atoms with Crippen LogP contribution in [-0.4, -0.2) is 60.8 Å². The molecule has 0 unspecified atom stereocenters. The van der Waals surface area contributed by atoms with E-state index in [9.17, 15) is 4.79 Å². The van der Waals surface area contributed by atoms with Crippen molar-refractivity contribution in [1.82, 2.24) is 15.3 Å². The zero-order valence-electron chi connectivity index (χ0n) is 8.70. The van der Waals surface area contributed by atoms with E-state index in [0.717, 1.165) is 32.7 Å². The number of hydrogen-bond acceptors (Lipinski definition) is 4. The summed E-state index contributed by atoms with van der Waals surface area (Å²) < 4.78 is 0. The van der Waals surface area contributed by atoms with Gasteiger partial charge in [0.15, 0.2) is 0 Å². The van der Waals surface area contributed by atoms with Crippen LogP contribution in [-0.2, 0) is 4.79 Å². The molecule has 0 aromatic rings. The molecule has 1 heterocycles. The summed E-state index contributed by atoms with van der Waals surface area (Å²) in [6.07, 6.45) is 0.947. The van der Waals surface area contributed by atoms with Crippen LogP contribution in [0.5, 0.6) is 0 Å². The molecule has 5 nitrogen and oxygen atoms in total. The Morgan fingerprint density at radius 3 is 2.57 bits per heavy atom. The number of rotatable bonds is 5. The van der Waals surface area contributed by atoms with E-state index in [0.29, 0.717) is 6.42 Å². The third kappa shape index (κ3) is 4.55. The number of carboxylic acid groups (broad SMARTS) is 1. The van der Waals surface area contributed by atoms with Gasteiger partial charge in [0.1, 0.15) is 0 Å². The second-order valence-corrected chi connectivity index (χ2v) is 3.70. The second-order valence-electron chi connectivity index (χ2n) is 3.70. The molecular weight excluding hydrogens is 182 g/mol. The Bertz CT molecular complexity index is 179. The van der Waals surface area contributed by atoms with Crippen molar-refractivity contribution in [2.75, 3.05) is 39.8 Å². The van der Waals surface area contributed by atoms with Crippen LogP contribution in [0.2, 0.25) is 0 Å². The molecule has 0 bridgehead atoms. The van der Waals surface area contributed by atoms with Gasteiger partial charge in [-0.15, -0.1) is 0 Å². The summed E-state index contributed by atoms with van der Waals surface area (Å²) >= 11 is 0. The lowest BCUT2D eigenvalue weighted by atomic mass is 10.3. The van der Waals surface area contributed by atoms with E-state index in [1.807, 2.05) is 0 Å². The van der Waals surface area contributed by atoms with Crippen LogP contribution >= 0.6 is 0 Å². The van der Waals surface area contributed by atoms with Crippen molar-refractivity contribution in [3.05, 3.63) is 0 Å². The number of carbonyl (C=O) groups is 1. The Kier molecular flexibility index (Phi) is 4.86. The van der Waals surface area contributed by atoms with Crippen molar-refractivity contribution in [1.29, 1.82) is 0 Å². The van der Waals surface area contributed by atoms with Crippen molar-refractivity contribution < 1.29 is 9.90 Å². The van der Waals surface area contributed by atoms with E-state index in [1.165, 1.54) is 0 Å². The summed E-state index contributed by atoms with van der Waals surface area (Å²) in [7, 11) is 2.11. The number of nitrogens with one attached hydrogen (secondary N) is 1. The Hall–Kier alpha value is -0.650. The lowest BCUT2D eigenvalue weighted by Gasteiger charge is -2.32. The standard InChI is InChI=1S/C9H19N3O2/c1-11-5-7-12(8-6-11)10-4-2-3-9(13)14/h10H,2-8H2,1H3,(H,13,14). The maximum atomic E-state index is 10.2. The van der Waals surface area contributed by atoms with Gasteiger partial charge in [0.25, 0.3) is 0 Å². The highest BCUT2D eigenvalue weighted by atomic mass is 16.4. The number of piperazine rings is 1. The molecular formula is C9H19N3O2. The van der Waals surface area contributed by atoms with Crippen molar-refractivity contribution in [2.24, 2.45) is 0 Å². The number of likely N-dealkylation sites (N-methyl/N-ethyl adjacent to an activating group) is 1. The van der Waals surface area contributed by atoms with Gasteiger partial charge in [-0.25, -0.2) is 5.01 Å². The summed E-state index contributed by atoms with van der Waals surface area (Å²) in [6.45, 7) is 4.95. The third-order valence-corrected chi connectivity index (χ3v) is 2.41. The molecule has 0 aliphatic carbocycles. The highest BCUT2D eigenvalue weighted by Gasteiger charge is 2.12. The fourth-order valence-corrected chi connectivity index (χ4v) is 1.44. The SMILES string of the molecule is CN1CCN(NCCCC(=O)O)CC1. The van der Waals surface area contributed by atoms with Gasteiger partial charge < -0.3 is 10.0 Å². The predicted molar refractivity (Wildman–Crippen MR) is 53.9 cm³/mol. The number of carboxylic acids is 1. The molecule has 0 aromatic heterocycles. The minimum absolute atomic E-state index is 0.251. The molecule has 1 saturated heterocycles. The van der Waals surface area contributed by atoms with Gasteiger partial charge in [-0.1, -0.05) is 0 Å². The topological polar surface area (TPSA) is 55.8 Å². The van der Waals surface area contributed by atoms with Gasteiger partial charge >= 0.3 is 5.97 Å². The Labute approximate surface area is 84.6 Å². The van der Waals surface area contributed by atoms with Gasteiger partial charge in [0.2, 0.25) is 0 Å². The lowest BCUT2D eigenvalue weighted by Crippen LogP contribution is -2.50. The smallest absolute Gasteiger partial charge is 0.303 e. The van der Waals surface area contributed by atoms with Crippen molar-refractivity contribution in [3.63, 3.8) is 0 Å². The monoisotopic (exact) mass is 201 g/mol. The van der Waals surface area contributed by atoms with Crippen LogP contribution in [0.15, 0.2) is 0 Å². The Balaban J connectivity index is 1.99. The number of hydrazine groups is 1. The molecule has 1 rings (SSSR count). The fraction of sp³-hybridized carbons (Fsp3) is 0.889. The number of hydrogen-bond donors (Lipinski definition) is 2. The second kappa shape index (κ2) is 5.95. The third-order valence-electron chi connectivity index (χ3n) is 2.41. The van der Waals surface area contributed by atoms with E-state index in [4.69, 9.17) is 5.11 Å². The molecule has 1 fully saturated rings. The minimum atomic E-state index is -0.717. The van der Waals surface area contributed by atoms with Gasteiger partial charge in [0.05, 0.1) is 0 Å². The van der Waals surface area contributed by atoms with E-state index in [2.05, 4.69) is 22.4 Å². The summed E-state index contributed by atoms with van der Waals surface area (Å²) in [5.74, 6) is -0.717. The van der Waals surface area contributed by atoms with Gasteiger partial charge in [0, 0.05) is 39.1 Å². The van der Waals surface area contributed by atoms with Crippen LogP contribution < -0.4 is 5.43 Å². The van der Waals surface area contributed by atoms with E-state index < -0.39 is 5.97 Å². The first-order valence-corrected chi connectivity index (χ1v) is 5.07. The van der Waals surface area contributed by atoms with Gasteiger partial charge in [-0.05, 0) is 13.5 Å². The summed E-state index contributed by atoms with van der Waals surface area (Å²) in [5.41, 5.74) is 3.24. The molecule has 14 heavy (non-hydrogen) atoms. The van der Waals surface area contributed by atoms with Crippen LogP contribution in [0.1, 0.15) is 12.8 Å². The summed E-state index contributed by atoms with van der Waals surface area (Å²) in [5, 5.41) is 10.6. The highest BCUT2D eigenvalue weighted by molar-refractivity contribution is 5.66. The molecule has 0 radical (unpaired) electrons. The maximum absolute atomic E-state index is 10.2. The zero-order valence-corrected chi connectivity index (χ0v) is 8.70. The van der Waals surface area contributed by atoms with Crippen molar-refractivity contribution in [2.45, 2.75) is 12.8 Å². The molecule has 82 valence electrons. The van der Waals surface area contributed by atoms with E-state index in [-0.39, 0.29) is 6.42 Å². The molecule has 0 atom stereocenters. The van der Waals surface area contributed by atoms with E-state index >= 15 is 0 Å². The first-order chi connectivity index (χ1) is 6.68. The average molecular weight is 201 g/mol. The first-order valence-electron chi connectivity index (χ1n) is 5.07. The highest BCUT2D eigenvalue weighted by Crippen LogP contribution is 1.95. The van der Waals surface area contributed by atoms with Crippen LogP contribution in [0.3, 0.4) is 0 Å². The zero-order chi connectivity index (χ0) is 10.4. The quantitative estimate of drug-likeness (QED) is 0.593. The average Bonchev–Trinajstić information content (AvgIpc) is 2.15. The van der Waals surface area contributed by atoms with Crippen LogP contribution in [0.4, 0.5) is 0 Å². The molecule has 0 amide bonds. The van der Waals surface area contributed by atoms with Crippen molar-refractivity contribution >= 4 is 5.97 Å². The molecule has 0 saturated carbocycles. The molecule has 5 heteroatoms. The largest absolute Gasteiger partial charge is 0.481 e. The lowest BCUT2D eigenvalue weighted by molar-refractivity contribution is -0.137. The Morgan fingerprint density at radius 2 is 2.00 bits per heavy atom. The minimum Gasteiger partial charge on any atom is -0.481 e. The normalized spacial score (nSPS) is 19.8. The summed E-state index contributed by atoms with van der Waals surface area (Å²) in [4.78, 5) is 12.5. The molecule has 1 aliphatic heterocycles. The van der Waals surface area contributed by atoms with Gasteiger partial charge in [-0.2, -0.15) is 0 Å². The van der Waals surface area contributed by atoms with Crippen LogP contribution in [0.25, 0.3) is 0 Å². The van der Waals surface area contributed by atoms with Gasteiger partial charge in [-0.3, -0.25) is 10.2 Å². The number of nitrogens with zero attached hydrogens (tertiary/aromatic N) is 2. The molecule has 2 N–H and O–H groups in total. The van der Waals surface area contributed by atoms with Crippen LogP contribution in [0, 0.1) is 0 Å². The van der Waals surface area contributed by atoms with Crippen molar-refractivity contribution in [3.8, 4) is 0 Å². The predicted octanol–water partition coefficient (Wildman–Crippen LogP) is -0.397. The maximum Gasteiger partial charge on any atom is 0.303 e. The number of aliphatic carboxylic acids is 1. The molecule has 0 aromatic carbocycles. The summed E-state index contributed by atoms with van der Waals surface area (Å²) in [6, 6.07) is 0. The molecule has 1 aliphatic rings. The first kappa shape index (κ1) is 11.4.